The summed E-state index contributed by atoms with van der Waals surface area (Å²) >= 11 is 0. The predicted molar refractivity (Wildman–Crippen MR) is 115 cm³/mol. The van der Waals surface area contributed by atoms with Gasteiger partial charge in [-0.1, -0.05) is 37.6 Å². The molecule has 2 fully saturated rings. The zero-order valence-corrected chi connectivity index (χ0v) is 18.0. The van der Waals surface area contributed by atoms with Gasteiger partial charge in [0.05, 0.1) is 5.69 Å². The fourth-order valence-electron chi connectivity index (χ4n) is 7.45. The van der Waals surface area contributed by atoms with E-state index in [0.29, 0.717) is 0 Å². The van der Waals surface area contributed by atoms with Crippen molar-refractivity contribution in [2.24, 2.45) is 28.6 Å². The molecular formula is C26H33NO2. The summed E-state index contributed by atoms with van der Waals surface area (Å²) < 4.78 is 5.57. The molecule has 0 radical (unpaired) electrons. The first-order chi connectivity index (χ1) is 13.9. The van der Waals surface area contributed by atoms with E-state index in [2.05, 4.69) is 38.1 Å². The van der Waals surface area contributed by atoms with Crippen LogP contribution in [0.2, 0.25) is 0 Å². The van der Waals surface area contributed by atoms with Gasteiger partial charge < -0.3 is 4.74 Å². The summed E-state index contributed by atoms with van der Waals surface area (Å²) in [5.41, 5.74) is 4.77. The second-order valence-corrected chi connectivity index (χ2v) is 10.3. The van der Waals surface area contributed by atoms with Gasteiger partial charge >= 0.3 is 5.97 Å². The van der Waals surface area contributed by atoms with E-state index in [-0.39, 0.29) is 22.9 Å². The summed E-state index contributed by atoms with van der Waals surface area (Å²) in [6.45, 7) is 6.54. The largest absolute Gasteiger partial charge is 0.462 e. The Morgan fingerprint density at radius 1 is 1.07 bits per heavy atom. The summed E-state index contributed by atoms with van der Waals surface area (Å²) in [7, 11) is 0. The van der Waals surface area contributed by atoms with Gasteiger partial charge in [-0.15, -0.1) is 0 Å². The van der Waals surface area contributed by atoms with Crippen molar-refractivity contribution >= 4 is 11.5 Å². The molecule has 0 aliphatic heterocycles. The maximum absolute atomic E-state index is 11.4. The second-order valence-electron chi connectivity index (χ2n) is 10.3. The molecule has 0 amide bonds. The third-order valence-electron chi connectivity index (χ3n) is 8.91. The highest BCUT2D eigenvalue weighted by molar-refractivity contribution is 5.70. The van der Waals surface area contributed by atoms with E-state index in [1.165, 1.54) is 43.9 Å². The monoisotopic (exact) mass is 391 g/mol. The predicted octanol–water partition coefficient (Wildman–Crippen LogP) is 5.97. The lowest BCUT2D eigenvalue weighted by molar-refractivity contribution is -0.148. The van der Waals surface area contributed by atoms with Gasteiger partial charge in [0.1, 0.15) is 6.10 Å². The highest BCUT2D eigenvalue weighted by atomic mass is 16.5. The molecular weight excluding hydrogens is 358 g/mol. The van der Waals surface area contributed by atoms with Crippen LogP contribution in [0.5, 0.6) is 0 Å². The van der Waals surface area contributed by atoms with Crippen LogP contribution < -0.4 is 0 Å². The lowest BCUT2D eigenvalue weighted by atomic mass is 9.47. The first kappa shape index (κ1) is 19.1. The number of rotatable bonds is 2. The molecule has 0 N–H and O–H groups in total. The molecule has 0 bridgehead atoms. The molecule has 1 aromatic heterocycles. The van der Waals surface area contributed by atoms with E-state index in [1.54, 1.807) is 5.57 Å². The highest BCUT2D eigenvalue weighted by Gasteiger charge is 2.57. The van der Waals surface area contributed by atoms with Crippen LogP contribution in [0, 0.1) is 28.6 Å². The van der Waals surface area contributed by atoms with Gasteiger partial charge in [-0.2, -0.15) is 0 Å². The minimum absolute atomic E-state index is 0.0844. The summed E-state index contributed by atoms with van der Waals surface area (Å²) in [6, 6.07) is 6.31. The Morgan fingerprint density at radius 3 is 2.66 bits per heavy atom. The van der Waals surface area contributed by atoms with Crippen LogP contribution in [-0.2, 0) is 9.53 Å². The van der Waals surface area contributed by atoms with Crippen molar-refractivity contribution in [1.82, 2.24) is 4.98 Å². The van der Waals surface area contributed by atoms with Gasteiger partial charge in [-0.25, -0.2) is 0 Å². The summed E-state index contributed by atoms with van der Waals surface area (Å²) in [5, 5.41) is 0. The fourth-order valence-corrected chi connectivity index (χ4v) is 7.45. The molecule has 4 aliphatic carbocycles. The first-order valence-corrected chi connectivity index (χ1v) is 11.4. The smallest absolute Gasteiger partial charge is 0.302 e. The van der Waals surface area contributed by atoms with Crippen molar-refractivity contribution in [3.8, 4) is 0 Å². The van der Waals surface area contributed by atoms with Crippen LogP contribution in [0.1, 0.15) is 71.4 Å². The molecule has 29 heavy (non-hydrogen) atoms. The standard InChI is InChI=1S/C26H33NO2/c1-17(28)29-19-11-13-25(2)18(16-19)7-8-20-21-9-10-23(24-6-4-5-15-27-24)26(21,3)14-12-22(20)25/h4-7,10,15,19-22H,8-9,11-14,16H2,1-3H3. The molecule has 5 rings (SSSR count). The molecule has 2 saturated carbocycles. The number of carbonyl (C=O) groups is 1. The molecule has 0 aromatic carbocycles. The number of allylic oxidation sites excluding steroid dienone is 3. The van der Waals surface area contributed by atoms with E-state index >= 15 is 0 Å². The number of ether oxygens (including phenoxy) is 1. The molecule has 1 heterocycles. The molecule has 4 aliphatic rings. The molecule has 6 atom stereocenters. The zero-order valence-electron chi connectivity index (χ0n) is 18.0. The van der Waals surface area contributed by atoms with Crippen molar-refractivity contribution in [3.05, 3.63) is 47.8 Å². The lowest BCUT2D eigenvalue weighted by Crippen LogP contribution is -2.50. The number of hydrogen-bond acceptors (Lipinski definition) is 3. The average molecular weight is 392 g/mol. The maximum Gasteiger partial charge on any atom is 0.302 e. The Kier molecular flexibility index (Phi) is 4.49. The van der Waals surface area contributed by atoms with Crippen molar-refractivity contribution in [2.75, 3.05) is 0 Å². The third-order valence-corrected chi connectivity index (χ3v) is 8.91. The lowest BCUT2D eigenvalue weighted by Gasteiger charge is -2.57. The number of esters is 1. The Morgan fingerprint density at radius 2 is 1.90 bits per heavy atom. The minimum atomic E-state index is -0.139. The van der Waals surface area contributed by atoms with Gasteiger partial charge in [-0.05, 0) is 84.8 Å². The van der Waals surface area contributed by atoms with Crippen LogP contribution >= 0.6 is 0 Å². The van der Waals surface area contributed by atoms with E-state index in [0.717, 1.165) is 37.0 Å². The number of fused-ring (bicyclic) bond motifs is 5. The van der Waals surface area contributed by atoms with Crippen LogP contribution in [0.4, 0.5) is 0 Å². The Labute approximate surface area is 174 Å². The topological polar surface area (TPSA) is 39.2 Å². The molecule has 154 valence electrons. The van der Waals surface area contributed by atoms with Gasteiger partial charge in [0.15, 0.2) is 0 Å². The van der Waals surface area contributed by atoms with Crippen molar-refractivity contribution in [2.45, 2.75) is 71.8 Å². The molecule has 0 spiro atoms. The number of nitrogens with zero attached hydrogens (tertiary/aromatic N) is 1. The summed E-state index contributed by atoms with van der Waals surface area (Å²) in [6.07, 6.45) is 15.1. The minimum Gasteiger partial charge on any atom is -0.462 e. The molecule has 3 nitrogen and oxygen atoms in total. The fraction of sp³-hybridized carbons (Fsp3) is 0.615. The number of carbonyl (C=O) groups excluding carboxylic acids is 1. The highest BCUT2D eigenvalue weighted by Crippen LogP contribution is 2.66. The SMILES string of the molecule is CC(=O)OC1CCC2(C)C(=CCC3C2CCC2(C)C(c4ccccn4)=CCC32)C1. The van der Waals surface area contributed by atoms with Crippen molar-refractivity contribution in [3.63, 3.8) is 0 Å². The van der Waals surface area contributed by atoms with Gasteiger partial charge in [0.25, 0.3) is 0 Å². The van der Waals surface area contributed by atoms with E-state index in [9.17, 15) is 4.79 Å². The molecule has 0 saturated heterocycles. The Balaban J connectivity index is 1.41. The van der Waals surface area contributed by atoms with E-state index < -0.39 is 0 Å². The molecule has 3 heteroatoms. The van der Waals surface area contributed by atoms with Crippen LogP contribution in [0.3, 0.4) is 0 Å². The molecule has 6 unspecified atom stereocenters. The third kappa shape index (κ3) is 2.92. The quantitative estimate of drug-likeness (QED) is 0.460. The first-order valence-electron chi connectivity index (χ1n) is 11.4. The maximum atomic E-state index is 11.4. The zero-order chi connectivity index (χ0) is 20.2. The Hall–Kier alpha value is -1.90. The van der Waals surface area contributed by atoms with Crippen LogP contribution in [-0.4, -0.2) is 17.1 Å². The Bertz CT molecular complexity index is 872. The van der Waals surface area contributed by atoms with Crippen LogP contribution in [0.25, 0.3) is 5.57 Å². The van der Waals surface area contributed by atoms with Crippen LogP contribution in [0.15, 0.2) is 42.1 Å². The van der Waals surface area contributed by atoms with Gasteiger partial charge in [0.2, 0.25) is 0 Å². The normalized spacial score (nSPS) is 40.8. The second kappa shape index (κ2) is 6.82. The van der Waals surface area contributed by atoms with Crippen molar-refractivity contribution < 1.29 is 9.53 Å². The molecule has 1 aromatic rings. The van der Waals surface area contributed by atoms with Crippen molar-refractivity contribution in [1.29, 1.82) is 0 Å². The number of pyridine rings is 1. The van der Waals surface area contributed by atoms with E-state index in [1.807, 2.05) is 12.3 Å². The number of aromatic nitrogens is 1. The summed E-state index contributed by atoms with van der Waals surface area (Å²) in [4.78, 5) is 16.1. The summed E-state index contributed by atoms with van der Waals surface area (Å²) in [5.74, 6) is 2.10. The van der Waals surface area contributed by atoms with E-state index in [4.69, 9.17) is 9.72 Å². The average Bonchev–Trinajstić information content (AvgIpc) is 3.06. The van der Waals surface area contributed by atoms with Gasteiger partial charge in [-0.3, -0.25) is 9.78 Å². The van der Waals surface area contributed by atoms with Gasteiger partial charge in [0, 0.05) is 19.5 Å². The number of hydrogen-bond donors (Lipinski definition) is 0.